The Hall–Kier alpha value is -2.38. The highest BCUT2D eigenvalue weighted by Gasteiger charge is 2.33. The molecule has 0 saturated carbocycles. The van der Waals surface area contributed by atoms with Crippen LogP contribution in [0.15, 0.2) is 24.3 Å². The van der Waals surface area contributed by atoms with Gasteiger partial charge in [0.25, 0.3) is 5.91 Å². The second-order valence-electron chi connectivity index (χ2n) is 4.17. The van der Waals surface area contributed by atoms with E-state index in [1.54, 1.807) is 0 Å². The molecule has 21 heavy (non-hydrogen) atoms. The molecule has 1 fully saturated rings. The molecule has 112 valence electrons. The molecule has 1 heterocycles. The number of nitrogens with zero attached hydrogens (tertiary/aromatic N) is 1. The third-order valence-electron chi connectivity index (χ3n) is 2.75. The Balaban J connectivity index is 2.25. The van der Waals surface area contributed by atoms with Crippen LogP contribution in [0.25, 0.3) is 6.08 Å². The van der Waals surface area contributed by atoms with Crippen LogP contribution in [0.3, 0.4) is 0 Å². The minimum atomic E-state index is -4.75. The van der Waals surface area contributed by atoms with Crippen LogP contribution in [0.4, 0.5) is 22.4 Å². The summed E-state index contributed by atoms with van der Waals surface area (Å²) in [5.74, 6) is -1.83. The van der Waals surface area contributed by atoms with Gasteiger partial charge in [-0.2, -0.15) is 13.2 Å². The van der Waals surface area contributed by atoms with Crippen LogP contribution in [-0.2, 0) is 15.7 Å². The van der Waals surface area contributed by atoms with Gasteiger partial charge in [0.1, 0.15) is 12.4 Å². The Morgan fingerprint density at radius 2 is 2.05 bits per heavy atom. The molecule has 0 N–H and O–H groups in total. The van der Waals surface area contributed by atoms with E-state index in [1.165, 1.54) is 0 Å². The van der Waals surface area contributed by atoms with Gasteiger partial charge in [-0.25, -0.2) is 14.1 Å². The predicted octanol–water partition coefficient (Wildman–Crippen LogP) is 2.84. The maximum atomic E-state index is 12.9. The molecule has 1 aromatic carbocycles. The molecule has 0 aromatic heterocycles. The number of halogens is 4. The summed E-state index contributed by atoms with van der Waals surface area (Å²) >= 11 is 0. The third kappa shape index (κ3) is 3.39. The standard InChI is InChI=1S/C13H9F4NO3/c14-9-3-1-8(10(7-9)13(15,16)17)2-4-11(19)18-5-6-21-12(18)20/h1-4,7H,5-6H2/b4-2+. The lowest BCUT2D eigenvalue weighted by atomic mass is 10.1. The zero-order chi connectivity index (χ0) is 15.6. The second-order valence-corrected chi connectivity index (χ2v) is 4.17. The quantitative estimate of drug-likeness (QED) is 0.623. The number of carbonyl (C=O) groups excluding carboxylic acids is 2. The molecule has 1 aliphatic heterocycles. The largest absolute Gasteiger partial charge is 0.447 e. The van der Waals surface area contributed by atoms with E-state index in [0.717, 1.165) is 29.2 Å². The topological polar surface area (TPSA) is 46.6 Å². The van der Waals surface area contributed by atoms with E-state index in [1.807, 2.05) is 0 Å². The predicted molar refractivity (Wildman–Crippen MR) is 63.5 cm³/mol. The first-order valence-electron chi connectivity index (χ1n) is 5.82. The minimum Gasteiger partial charge on any atom is -0.447 e. The first-order chi connectivity index (χ1) is 9.79. The van der Waals surface area contributed by atoms with Gasteiger partial charge in [0, 0.05) is 6.08 Å². The molecule has 2 rings (SSSR count). The third-order valence-corrected chi connectivity index (χ3v) is 2.75. The van der Waals surface area contributed by atoms with Crippen molar-refractivity contribution in [2.45, 2.75) is 6.18 Å². The maximum absolute atomic E-state index is 12.9. The lowest BCUT2D eigenvalue weighted by Gasteiger charge is -2.11. The number of amides is 2. The van der Waals surface area contributed by atoms with Gasteiger partial charge in [0.2, 0.25) is 0 Å². The molecule has 8 heteroatoms. The van der Waals surface area contributed by atoms with Crippen LogP contribution in [-0.4, -0.2) is 30.1 Å². The first-order valence-corrected chi connectivity index (χ1v) is 5.82. The smallest absolute Gasteiger partial charge is 0.417 e. The lowest BCUT2D eigenvalue weighted by Crippen LogP contribution is -2.29. The highest BCUT2D eigenvalue weighted by molar-refractivity contribution is 6.01. The summed E-state index contributed by atoms with van der Waals surface area (Å²) in [5.41, 5.74) is -1.57. The SMILES string of the molecule is O=C(/C=C/c1ccc(F)cc1C(F)(F)F)N1CCOC1=O. The van der Waals surface area contributed by atoms with E-state index in [2.05, 4.69) is 4.74 Å². The number of hydrogen-bond donors (Lipinski definition) is 0. The monoisotopic (exact) mass is 303 g/mol. The number of hydrogen-bond acceptors (Lipinski definition) is 3. The summed E-state index contributed by atoms with van der Waals surface area (Å²) < 4.78 is 55.7. The van der Waals surface area contributed by atoms with E-state index < -0.39 is 29.6 Å². The van der Waals surface area contributed by atoms with Crippen molar-refractivity contribution >= 4 is 18.1 Å². The van der Waals surface area contributed by atoms with Crippen molar-refractivity contribution < 1.29 is 31.9 Å². The van der Waals surface area contributed by atoms with E-state index in [0.29, 0.717) is 6.07 Å². The van der Waals surface area contributed by atoms with Gasteiger partial charge in [-0.15, -0.1) is 0 Å². The Bertz CT molecular complexity index is 610. The molecular formula is C13H9F4NO3. The van der Waals surface area contributed by atoms with E-state index in [4.69, 9.17) is 0 Å². The average Bonchev–Trinajstić information content (AvgIpc) is 2.82. The van der Waals surface area contributed by atoms with Gasteiger partial charge >= 0.3 is 12.3 Å². The molecular weight excluding hydrogens is 294 g/mol. The summed E-state index contributed by atoms with van der Waals surface area (Å²) in [6.07, 6.45) is -3.90. The summed E-state index contributed by atoms with van der Waals surface area (Å²) in [5, 5.41) is 0. The Labute approximate surface area is 116 Å². The van der Waals surface area contributed by atoms with Crippen molar-refractivity contribution in [3.63, 3.8) is 0 Å². The number of rotatable bonds is 2. The number of cyclic esters (lactones) is 1. The van der Waals surface area contributed by atoms with E-state index >= 15 is 0 Å². The first kappa shape index (κ1) is 15.0. The van der Waals surface area contributed by atoms with Crippen LogP contribution in [0.1, 0.15) is 11.1 Å². The molecule has 0 spiro atoms. The highest BCUT2D eigenvalue weighted by Crippen LogP contribution is 2.33. The van der Waals surface area contributed by atoms with Crippen LogP contribution in [0.5, 0.6) is 0 Å². The fourth-order valence-corrected chi connectivity index (χ4v) is 1.76. The molecule has 0 bridgehead atoms. The molecule has 1 saturated heterocycles. The highest BCUT2D eigenvalue weighted by atomic mass is 19.4. The van der Waals surface area contributed by atoms with Crippen LogP contribution in [0, 0.1) is 5.82 Å². The molecule has 0 aliphatic carbocycles. The van der Waals surface area contributed by atoms with Crippen molar-refractivity contribution in [1.29, 1.82) is 0 Å². The van der Waals surface area contributed by atoms with Gasteiger partial charge in [-0.3, -0.25) is 4.79 Å². The van der Waals surface area contributed by atoms with E-state index in [9.17, 15) is 27.2 Å². The summed E-state index contributed by atoms with van der Waals surface area (Å²) in [6, 6.07) is 2.10. The van der Waals surface area contributed by atoms with Crippen LogP contribution in [0.2, 0.25) is 0 Å². The van der Waals surface area contributed by atoms with Crippen LogP contribution < -0.4 is 0 Å². The zero-order valence-corrected chi connectivity index (χ0v) is 10.5. The van der Waals surface area contributed by atoms with Gasteiger partial charge in [-0.1, -0.05) is 6.07 Å². The number of alkyl halides is 3. The van der Waals surface area contributed by atoms with Gasteiger partial charge in [0.15, 0.2) is 0 Å². The Morgan fingerprint density at radius 3 is 2.62 bits per heavy atom. The van der Waals surface area contributed by atoms with Crippen molar-refractivity contribution in [1.82, 2.24) is 4.90 Å². The molecule has 0 radical (unpaired) electrons. The Morgan fingerprint density at radius 1 is 1.33 bits per heavy atom. The van der Waals surface area contributed by atoms with Crippen molar-refractivity contribution in [2.24, 2.45) is 0 Å². The molecule has 1 aliphatic rings. The summed E-state index contributed by atoms with van der Waals surface area (Å²) in [6.45, 7) is 0.0836. The maximum Gasteiger partial charge on any atom is 0.417 e. The summed E-state index contributed by atoms with van der Waals surface area (Å²) in [7, 11) is 0. The van der Waals surface area contributed by atoms with Crippen molar-refractivity contribution in [3.05, 3.63) is 41.2 Å². The average molecular weight is 303 g/mol. The second kappa shape index (κ2) is 5.55. The molecule has 4 nitrogen and oxygen atoms in total. The molecule has 2 amide bonds. The normalized spacial score (nSPS) is 15.6. The summed E-state index contributed by atoms with van der Waals surface area (Å²) in [4.78, 5) is 23.5. The number of carbonyl (C=O) groups is 2. The zero-order valence-electron chi connectivity index (χ0n) is 10.5. The van der Waals surface area contributed by atoms with Crippen molar-refractivity contribution in [2.75, 3.05) is 13.2 Å². The number of imide groups is 1. The molecule has 0 unspecified atom stereocenters. The number of benzene rings is 1. The lowest BCUT2D eigenvalue weighted by molar-refractivity contribution is -0.138. The van der Waals surface area contributed by atoms with Crippen molar-refractivity contribution in [3.8, 4) is 0 Å². The fourth-order valence-electron chi connectivity index (χ4n) is 1.76. The molecule has 0 atom stereocenters. The van der Waals surface area contributed by atoms with Gasteiger partial charge in [-0.05, 0) is 23.8 Å². The van der Waals surface area contributed by atoms with Gasteiger partial charge < -0.3 is 4.74 Å². The number of ether oxygens (including phenoxy) is 1. The molecule has 1 aromatic rings. The minimum absolute atomic E-state index is 0.0392. The fraction of sp³-hybridized carbons (Fsp3) is 0.231. The van der Waals surface area contributed by atoms with Crippen LogP contribution >= 0.6 is 0 Å². The van der Waals surface area contributed by atoms with E-state index in [-0.39, 0.29) is 18.7 Å². The van der Waals surface area contributed by atoms with Gasteiger partial charge in [0.05, 0.1) is 12.1 Å². The Kier molecular flexibility index (Phi) is 3.97.